The van der Waals surface area contributed by atoms with E-state index in [0.29, 0.717) is 25.9 Å². The van der Waals surface area contributed by atoms with Crippen LogP contribution in [0.2, 0.25) is 0 Å². The van der Waals surface area contributed by atoms with Crippen LogP contribution >= 0.6 is 11.8 Å². The van der Waals surface area contributed by atoms with E-state index in [2.05, 4.69) is 5.32 Å². The number of likely N-dealkylation sites (tertiary alicyclic amines) is 1. The van der Waals surface area contributed by atoms with Crippen molar-refractivity contribution in [1.82, 2.24) is 10.2 Å². The van der Waals surface area contributed by atoms with Crippen molar-refractivity contribution in [2.45, 2.75) is 25.3 Å². The van der Waals surface area contributed by atoms with Crippen LogP contribution in [0.25, 0.3) is 0 Å². The Morgan fingerprint density at radius 3 is 2.71 bits per heavy atom. The number of hydrogen-bond donors (Lipinski definition) is 1. The zero-order valence-electron chi connectivity index (χ0n) is 13.2. The first-order valence-electron chi connectivity index (χ1n) is 8.02. The third kappa shape index (κ3) is 3.95. The van der Waals surface area contributed by atoms with Crippen LogP contribution in [0.1, 0.15) is 18.4 Å². The lowest BCUT2D eigenvalue weighted by Gasteiger charge is -2.17. The van der Waals surface area contributed by atoms with Crippen molar-refractivity contribution >= 4 is 28.7 Å². The molecular formula is C17H19FN2O3S. The third-order valence-corrected chi connectivity index (χ3v) is 5.43. The summed E-state index contributed by atoms with van der Waals surface area (Å²) in [6.07, 6.45) is 1.46. The molecule has 1 N–H and O–H groups in total. The predicted octanol–water partition coefficient (Wildman–Crippen LogP) is 1.36. The molecule has 2 aliphatic heterocycles. The predicted molar refractivity (Wildman–Crippen MR) is 88.8 cm³/mol. The average Bonchev–Trinajstić information content (AvgIpc) is 3.13. The smallest absolute Gasteiger partial charge is 0.226 e. The number of rotatable bonds is 5. The summed E-state index contributed by atoms with van der Waals surface area (Å²) < 4.78 is 12.9. The van der Waals surface area contributed by atoms with Gasteiger partial charge in [0.25, 0.3) is 0 Å². The second kappa shape index (κ2) is 7.34. The number of amides is 2. The standard InChI is InChI=1S/C17H19FN2O3S/c18-13-3-1-11(2-4-13)5-7-20-10-12(9-15(20)21)16(22)19-14-6-8-24-17(14)23/h1-4,12,14H,5-10H2,(H,19,22). The molecule has 2 heterocycles. The molecule has 0 radical (unpaired) electrons. The first-order chi connectivity index (χ1) is 11.5. The molecule has 2 aliphatic rings. The number of thioether (sulfide) groups is 1. The summed E-state index contributed by atoms with van der Waals surface area (Å²) >= 11 is 1.24. The summed E-state index contributed by atoms with van der Waals surface area (Å²) in [5.41, 5.74) is 0.950. The fraction of sp³-hybridized carbons (Fsp3) is 0.471. The van der Waals surface area contributed by atoms with Gasteiger partial charge in [-0.1, -0.05) is 23.9 Å². The Kier molecular flexibility index (Phi) is 5.18. The van der Waals surface area contributed by atoms with E-state index in [-0.39, 0.29) is 29.2 Å². The van der Waals surface area contributed by atoms with Crippen molar-refractivity contribution in [2.24, 2.45) is 5.92 Å². The van der Waals surface area contributed by atoms with Gasteiger partial charge in [0.1, 0.15) is 5.82 Å². The zero-order chi connectivity index (χ0) is 17.1. The molecule has 0 saturated carbocycles. The molecule has 1 aromatic rings. The van der Waals surface area contributed by atoms with Gasteiger partial charge in [0.15, 0.2) is 0 Å². The van der Waals surface area contributed by atoms with E-state index < -0.39 is 12.0 Å². The molecule has 2 saturated heterocycles. The fourth-order valence-electron chi connectivity index (χ4n) is 3.00. The van der Waals surface area contributed by atoms with Crippen LogP contribution in [0.3, 0.4) is 0 Å². The molecular weight excluding hydrogens is 331 g/mol. The molecule has 24 heavy (non-hydrogen) atoms. The second-order valence-electron chi connectivity index (χ2n) is 6.13. The van der Waals surface area contributed by atoms with E-state index in [0.717, 1.165) is 11.3 Å². The van der Waals surface area contributed by atoms with Gasteiger partial charge in [-0.3, -0.25) is 14.4 Å². The molecule has 7 heteroatoms. The van der Waals surface area contributed by atoms with Gasteiger partial charge in [-0.05, 0) is 30.5 Å². The maximum atomic E-state index is 12.9. The highest BCUT2D eigenvalue weighted by atomic mass is 32.2. The van der Waals surface area contributed by atoms with E-state index in [9.17, 15) is 18.8 Å². The minimum Gasteiger partial charge on any atom is -0.345 e. The van der Waals surface area contributed by atoms with Crippen LogP contribution in [0.15, 0.2) is 24.3 Å². The molecule has 2 unspecified atom stereocenters. The van der Waals surface area contributed by atoms with Gasteiger partial charge in [-0.15, -0.1) is 0 Å². The number of halogens is 1. The van der Waals surface area contributed by atoms with Crippen molar-refractivity contribution in [3.63, 3.8) is 0 Å². The summed E-state index contributed by atoms with van der Waals surface area (Å²) in [5.74, 6) is -0.216. The number of benzene rings is 1. The number of carbonyl (C=O) groups excluding carboxylic acids is 3. The summed E-state index contributed by atoms with van der Waals surface area (Å²) in [6.45, 7) is 0.881. The van der Waals surface area contributed by atoms with Crippen LogP contribution in [0.5, 0.6) is 0 Å². The van der Waals surface area contributed by atoms with Crippen molar-refractivity contribution < 1.29 is 18.8 Å². The van der Waals surface area contributed by atoms with E-state index in [1.54, 1.807) is 17.0 Å². The normalized spacial score (nSPS) is 23.8. The Labute approximate surface area is 144 Å². The summed E-state index contributed by atoms with van der Waals surface area (Å²) in [4.78, 5) is 37.6. The Bertz CT molecular complexity index is 650. The molecule has 5 nitrogen and oxygen atoms in total. The Morgan fingerprint density at radius 2 is 2.04 bits per heavy atom. The highest BCUT2D eigenvalue weighted by Gasteiger charge is 2.36. The largest absolute Gasteiger partial charge is 0.345 e. The molecule has 2 amide bonds. The van der Waals surface area contributed by atoms with E-state index in [4.69, 9.17) is 0 Å². The number of nitrogens with one attached hydrogen (secondary N) is 1. The molecule has 128 valence electrons. The van der Waals surface area contributed by atoms with Crippen LogP contribution in [0, 0.1) is 11.7 Å². The fourth-order valence-corrected chi connectivity index (χ4v) is 3.93. The first kappa shape index (κ1) is 17.0. The van der Waals surface area contributed by atoms with Gasteiger partial charge in [0.05, 0.1) is 12.0 Å². The Morgan fingerprint density at radius 1 is 1.29 bits per heavy atom. The lowest BCUT2D eigenvalue weighted by molar-refractivity contribution is -0.129. The van der Waals surface area contributed by atoms with Gasteiger partial charge in [0.2, 0.25) is 16.9 Å². The molecule has 0 spiro atoms. The maximum Gasteiger partial charge on any atom is 0.226 e. The monoisotopic (exact) mass is 350 g/mol. The molecule has 2 fully saturated rings. The van der Waals surface area contributed by atoms with Crippen LogP contribution in [-0.2, 0) is 20.8 Å². The Hall–Kier alpha value is -1.89. The van der Waals surface area contributed by atoms with E-state index in [1.807, 2.05) is 0 Å². The molecule has 0 aliphatic carbocycles. The molecule has 0 bridgehead atoms. The van der Waals surface area contributed by atoms with Gasteiger partial charge < -0.3 is 10.2 Å². The Balaban J connectivity index is 1.50. The van der Waals surface area contributed by atoms with Crippen molar-refractivity contribution in [1.29, 1.82) is 0 Å². The van der Waals surface area contributed by atoms with Crippen molar-refractivity contribution in [2.75, 3.05) is 18.8 Å². The topological polar surface area (TPSA) is 66.5 Å². The highest BCUT2D eigenvalue weighted by Crippen LogP contribution is 2.22. The number of carbonyl (C=O) groups is 3. The van der Waals surface area contributed by atoms with Crippen molar-refractivity contribution in [3.05, 3.63) is 35.6 Å². The number of nitrogens with zero attached hydrogens (tertiary/aromatic N) is 1. The molecule has 0 aromatic heterocycles. The second-order valence-corrected chi connectivity index (χ2v) is 7.23. The van der Waals surface area contributed by atoms with E-state index in [1.165, 1.54) is 23.9 Å². The highest BCUT2D eigenvalue weighted by molar-refractivity contribution is 8.14. The van der Waals surface area contributed by atoms with Gasteiger partial charge in [-0.2, -0.15) is 0 Å². The van der Waals surface area contributed by atoms with Crippen molar-refractivity contribution in [3.8, 4) is 0 Å². The summed E-state index contributed by atoms with van der Waals surface area (Å²) in [5, 5.41) is 2.76. The lowest BCUT2D eigenvalue weighted by Crippen LogP contribution is -2.41. The summed E-state index contributed by atoms with van der Waals surface area (Å²) in [6, 6.07) is 5.78. The zero-order valence-corrected chi connectivity index (χ0v) is 14.0. The summed E-state index contributed by atoms with van der Waals surface area (Å²) in [7, 11) is 0. The van der Waals surface area contributed by atoms with Gasteiger partial charge >= 0.3 is 0 Å². The first-order valence-corrected chi connectivity index (χ1v) is 9.01. The minimum absolute atomic E-state index is 0.000777. The lowest BCUT2D eigenvalue weighted by atomic mass is 10.1. The van der Waals surface area contributed by atoms with Crippen LogP contribution in [0.4, 0.5) is 4.39 Å². The van der Waals surface area contributed by atoms with Crippen LogP contribution in [-0.4, -0.2) is 46.7 Å². The molecule has 3 rings (SSSR count). The van der Waals surface area contributed by atoms with E-state index >= 15 is 0 Å². The quantitative estimate of drug-likeness (QED) is 0.871. The number of hydrogen-bond acceptors (Lipinski definition) is 4. The van der Waals surface area contributed by atoms with Gasteiger partial charge in [0, 0.05) is 25.3 Å². The van der Waals surface area contributed by atoms with Crippen LogP contribution < -0.4 is 5.32 Å². The third-order valence-electron chi connectivity index (χ3n) is 4.42. The minimum atomic E-state index is -0.411. The molecule has 1 aromatic carbocycles. The SMILES string of the molecule is O=C(NC1CCSC1=O)C1CC(=O)N(CCc2ccc(F)cc2)C1. The average molecular weight is 350 g/mol. The van der Waals surface area contributed by atoms with Gasteiger partial charge in [-0.25, -0.2) is 4.39 Å². The molecule has 2 atom stereocenters. The maximum absolute atomic E-state index is 12.9.